The molecule has 0 fully saturated rings. The number of fused-ring (bicyclic) bond motifs is 1. The van der Waals surface area contributed by atoms with Crippen molar-refractivity contribution in [2.24, 2.45) is 0 Å². The summed E-state index contributed by atoms with van der Waals surface area (Å²) >= 11 is 12.9. The molecule has 2 aromatic heterocycles. The lowest BCUT2D eigenvalue weighted by molar-refractivity contribution is 0.0989. The fourth-order valence-electron chi connectivity index (χ4n) is 4.01. The van der Waals surface area contributed by atoms with Crippen molar-refractivity contribution in [3.63, 3.8) is 0 Å². The predicted molar refractivity (Wildman–Crippen MR) is 149 cm³/mol. The van der Waals surface area contributed by atoms with Gasteiger partial charge in [0.05, 0.1) is 33.2 Å². The van der Waals surface area contributed by atoms with Crippen molar-refractivity contribution in [2.45, 2.75) is 0 Å². The minimum atomic E-state index is -0.413. The molecule has 0 aliphatic rings. The number of nitrogens with zero attached hydrogens (tertiary/aromatic N) is 3. The molecule has 0 atom stereocenters. The maximum atomic E-state index is 13.1. The first kappa shape index (κ1) is 24.4. The van der Waals surface area contributed by atoms with E-state index in [2.05, 4.69) is 15.3 Å². The molecule has 2 heterocycles. The zero-order valence-corrected chi connectivity index (χ0v) is 21.2. The summed E-state index contributed by atoms with van der Waals surface area (Å²) < 4.78 is 0. The van der Waals surface area contributed by atoms with E-state index in [4.69, 9.17) is 23.2 Å². The summed E-state index contributed by atoms with van der Waals surface area (Å²) in [5, 5.41) is 5.53. The van der Waals surface area contributed by atoms with Crippen LogP contribution in [0.5, 0.6) is 0 Å². The van der Waals surface area contributed by atoms with Gasteiger partial charge in [0, 0.05) is 41.6 Å². The van der Waals surface area contributed by atoms with Crippen molar-refractivity contribution in [2.75, 3.05) is 17.3 Å². The lowest BCUT2D eigenvalue weighted by Crippen LogP contribution is -2.26. The first-order valence-corrected chi connectivity index (χ1v) is 12.1. The van der Waals surface area contributed by atoms with Crippen LogP contribution >= 0.6 is 23.2 Å². The smallest absolute Gasteiger partial charge is 0.258 e. The second-order valence-corrected chi connectivity index (χ2v) is 9.11. The summed E-state index contributed by atoms with van der Waals surface area (Å²) in [6, 6.07) is 23.2. The minimum Gasteiger partial charge on any atom is -0.322 e. The van der Waals surface area contributed by atoms with Gasteiger partial charge in [0.15, 0.2) is 0 Å². The zero-order valence-electron chi connectivity index (χ0n) is 19.7. The SMILES string of the molecule is CN(C(=O)c1ccc(C(=O)Nc2ccc(Cl)c(-c3nccc4ccccc34)c2)c(Cl)c1)c1cccnc1. The molecule has 1 N–H and O–H groups in total. The average Bonchev–Trinajstić information content (AvgIpc) is 2.93. The summed E-state index contributed by atoms with van der Waals surface area (Å²) in [4.78, 5) is 36.0. The number of amides is 2. The van der Waals surface area contributed by atoms with Crippen molar-refractivity contribution < 1.29 is 9.59 Å². The monoisotopic (exact) mass is 526 g/mol. The highest BCUT2D eigenvalue weighted by Gasteiger charge is 2.18. The van der Waals surface area contributed by atoms with Gasteiger partial charge in [-0.3, -0.25) is 19.6 Å². The Morgan fingerprint density at radius 1 is 0.865 bits per heavy atom. The topological polar surface area (TPSA) is 75.2 Å². The van der Waals surface area contributed by atoms with Crippen molar-refractivity contribution >= 4 is 57.2 Å². The number of hydrogen-bond acceptors (Lipinski definition) is 4. The van der Waals surface area contributed by atoms with Crippen LogP contribution in [-0.2, 0) is 0 Å². The Balaban J connectivity index is 1.39. The number of benzene rings is 3. The number of carbonyl (C=O) groups is 2. The molecule has 0 spiro atoms. The molecule has 5 rings (SSSR count). The third kappa shape index (κ3) is 5.03. The molecule has 0 radical (unpaired) electrons. The molecule has 3 aromatic carbocycles. The summed E-state index contributed by atoms with van der Waals surface area (Å²) in [5.41, 5.74) is 3.18. The average molecular weight is 527 g/mol. The van der Waals surface area contributed by atoms with E-state index in [-0.39, 0.29) is 16.5 Å². The molecule has 6 nitrogen and oxygen atoms in total. The van der Waals surface area contributed by atoms with E-state index in [9.17, 15) is 9.59 Å². The maximum Gasteiger partial charge on any atom is 0.258 e. The Bertz CT molecular complexity index is 1640. The van der Waals surface area contributed by atoms with Gasteiger partial charge in [-0.1, -0.05) is 47.5 Å². The second kappa shape index (κ2) is 10.4. The molecule has 0 aliphatic heterocycles. The molecule has 5 aromatic rings. The van der Waals surface area contributed by atoms with E-state index in [1.54, 1.807) is 62.0 Å². The highest BCUT2D eigenvalue weighted by Crippen LogP contribution is 2.34. The highest BCUT2D eigenvalue weighted by atomic mass is 35.5. The quantitative estimate of drug-likeness (QED) is 0.264. The van der Waals surface area contributed by atoms with Crippen LogP contribution in [-0.4, -0.2) is 28.8 Å². The van der Waals surface area contributed by atoms with Crippen LogP contribution in [0.3, 0.4) is 0 Å². The summed E-state index contributed by atoms with van der Waals surface area (Å²) in [7, 11) is 1.65. The van der Waals surface area contributed by atoms with E-state index in [1.807, 2.05) is 30.3 Å². The number of pyridine rings is 2. The highest BCUT2D eigenvalue weighted by molar-refractivity contribution is 6.35. The van der Waals surface area contributed by atoms with Crippen LogP contribution in [0.4, 0.5) is 11.4 Å². The Hall–Kier alpha value is -4.26. The van der Waals surface area contributed by atoms with Gasteiger partial charge in [-0.25, -0.2) is 0 Å². The number of anilines is 2. The van der Waals surface area contributed by atoms with Crippen molar-refractivity contribution in [3.05, 3.63) is 119 Å². The van der Waals surface area contributed by atoms with Crippen LogP contribution in [0, 0.1) is 0 Å². The van der Waals surface area contributed by atoms with Crippen molar-refractivity contribution in [1.29, 1.82) is 0 Å². The number of nitrogens with one attached hydrogen (secondary N) is 1. The molecular weight excluding hydrogens is 507 g/mol. The number of aromatic nitrogens is 2. The van der Waals surface area contributed by atoms with Crippen LogP contribution in [0.2, 0.25) is 10.0 Å². The van der Waals surface area contributed by atoms with E-state index >= 15 is 0 Å². The fraction of sp³-hybridized carbons (Fsp3) is 0.0345. The molecule has 0 bridgehead atoms. The minimum absolute atomic E-state index is 0.160. The maximum absolute atomic E-state index is 13.1. The molecule has 182 valence electrons. The Kier molecular flexibility index (Phi) is 6.86. The molecule has 0 saturated carbocycles. The van der Waals surface area contributed by atoms with Gasteiger partial charge in [-0.15, -0.1) is 0 Å². The normalized spacial score (nSPS) is 10.8. The number of carbonyl (C=O) groups excluding carboxylic acids is 2. The van der Waals surface area contributed by atoms with Crippen molar-refractivity contribution in [3.8, 4) is 11.3 Å². The molecule has 2 amide bonds. The van der Waals surface area contributed by atoms with Gasteiger partial charge in [-0.2, -0.15) is 0 Å². The predicted octanol–water partition coefficient (Wildman–Crippen LogP) is 7.13. The number of hydrogen-bond donors (Lipinski definition) is 1. The lowest BCUT2D eigenvalue weighted by Gasteiger charge is -2.17. The van der Waals surface area contributed by atoms with Gasteiger partial charge in [0.2, 0.25) is 0 Å². The van der Waals surface area contributed by atoms with Gasteiger partial charge in [0.1, 0.15) is 0 Å². The summed E-state index contributed by atoms with van der Waals surface area (Å²) in [6.07, 6.45) is 4.96. The standard InChI is InChI=1S/C29H20Cl2N4O2/c1-35(21-6-4-13-32-17-21)29(37)19-8-10-23(26(31)15-19)28(36)34-20-9-11-25(30)24(16-20)27-22-7-3-2-5-18(22)12-14-33-27/h2-17H,1H3,(H,34,36). The molecule has 37 heavy (non-hydrogen) atoms. The largest absolute Gasteiger partial charge is 0.322 e. The first-order chi connectivity index (χ1) is 17.9. The molecular formula is C29H20Cl2N4O2. The third-order valence-corrected chi connectivity index (χ3v) is 6.59. The van der Waals surface area contributed by atoms with E-state index < -0.39 is 5.91 Å². The van der Waals surface area contributed by atoms with Gasteiger partial charge < -0.3 is 10.2 Å². The second-order valence-electron chi connectivity index (χ2n) is 8.30. The van der Waals surface area contributed by atoms with E-state index in [0.717, 1.165) is 16.5 Å². The Labute approximate surface area is 223 Å². The van der Waals surface area contributed by atoms with Crippen LogP contribution in [0.1, 0.15) is 20.7 Å². The van der Waals surface area contributed by atoms with Gasteiger partial charge >= 0.3 is 0 Å². The van der Waals surface area contributed by atoms with Crippen LogP contribution in [0.15, 0.2) is 97.5 Å². The lowest BCUT2D eigenvalue weighted by atomic mass is 10.0. The van der Waals surface area contributed by atoms with E-state index in [1.165, 1.54) is 17.0 Å². The Morgan fingerprint density at radius 3 is 2.49 bits per heavy atom. The molecule has 0 aliphatic carbocycles. The summed E-state index contributed by atoms with van der Waals surface area (Å²) in [6.45, 7) is 0. The molecule has 0 saturated heterocycles. The molecule has 8 heteroatoms. The van der Waals surface area contributed by atoms with Crippen LogP contribution < -0.4 is 10.2 Å². The fourth-order valence-corrected chi connectivity index (χ4v) is 4.49. The van der Waals surface area contributed by atoms with Crippen LogP contribution in [0.25, 0.3) is 22.0 Å². The molecule has 0 unspecified atom stereocenters. The first-order valence-electron chi connectivity index (χ1n) is 11.3. The number of rotatable bonds is 5. The Morgan fingerprint density at radius 2 is 1.70 bits per heavy atom. The zero-order chi connectivity index (χ0) is 25.9. The van der Waals surface area contributed by atoms with E-state index in [0.29, 0.717) is 27.5 Å². The van der Waals surface area contributed by atoms with Gasteiger partial charge in [-0.05, 0) is 60.0 Å². The van der Waals surface area contributed by atoms with Crippen molar-refractivity contribution in [1.82, 2.24) is 9.97 Å². The third-order valence-electron chi connectivity index (χ3n) is 5.95. The number of halogens is 2. The van der Waals surface area contributed by atoms with Gasteiger partial charge in [0.25, 0.3) is 11.8 Å². The summed E-state index contributed by atoms with van der Waals surface area (Å²) in [5.74, 6) is -0.685.